The summed E-state index contributed by atoms with van der Waals surface area (Å²) in [6.07, 6.45) is 0.151. The second-order valence-corrected chi connectivity index (χ2v) is 7.58. The van der Waals surface area contributed by atoms with Gasteiger partial charge in [-0.2, -0.15) is 8.78 Å². The molecule has 1 aliphatic heterocycles. The molecule has 0 bridgehead atoms. The first-order valence-corrected chi connectivity index (χ1v) is 9.45. The maximum Gasteiger partial charge on any atom is 0.288 e. The zero-order valence-corrected chi connectivity index (χ0v) is 15.9. The van der Waals surface area contributed by atoms with E-state index in [2.05, 4.69) is 5.32 Å². The normalized spacial score (nSPS) is 16.9. The van der Waals surface area contributed by atoms with Gasteiger partial charge in [0.1, 0.15) is 0 Å². The van der Waals surface area contributed by atoms with Crippen LogP contribution in [0.1, 0.15) is 17.5 Å². The zero-order chi connectivity index (χ0) is 19.6. The van der Waals surface area contributed by atoms with Crippen molar-refractivity contribution in [2.75, 3.05) is 16.8 Å². The van der Waals surface area contributed by atoms with Gasteiger partial charge in [0.15, 0.2) is 0 Å². The summed E-state index contributed by atoms with van der Waals surface area (Å²) in [5.74, 6) is -3.25. The lowest BCUT2D eigenvalue weighted by Crippen LogP contribution is -2.28. The smallest absolute Gasteiger partial charge is 0.288 e. The van der Waals surface area contributed by atoms with Crippen LogP contribution in [-0.2, 0) is 9.59 Å². The molecular weight excluding hydrogens is 370 g/mol. The summed E-state index contributed by atoms with van der Waals surface area (Å²) in [5.41, 5.74) is 3.48. The van der Waals surface area contributed by atoms with Crippen molar-refractivity contribution in [1.82, 2.24) is 0 Å². The first-order chi connectivity index (χ1) is 12.8. The van der Waals surface area contributed by atoms with Gasteiger partial charge in [-0.1, -0.05) is 23.9 Å². The van der Waals surface area contributed by atoms with Crippen LogP contribution in [0.5, 0.6) is 0 Å². The number of rotatable bonds is 5. The molecule has 0 spiro atoms. The van der Waals surface area contributed by atoms with E-state index in [-0.39, 0.29) is 18.2 Å². The number of benzene rings is 2. The average Bonchev–Trinajstić information content (AvgIpc) is 3.00. The Balaban J connectivity index is 1.66. The fraction of sp³-hybridized carbons (Fsp3) is 0.300. The van der Waals surface area contributed by atoms with Gasteiger partial charge in [-0.15, -0.1) is 0 Å². The van der Waals surface area contributed by atoms with E-state index < -0.39 is 11.7 Å². The van der Waals surface area contributed by atoms with Crippen molar-refractivity contribution in [3.05, 3.63) is 53.6 Å². The Bertz CT molecular complexity index is 856. The van der Waals surface area contributed by atoms with E-state index in [1.54, 1.807) is 17.0 Å². The second-order valence-electron chi connectivity index (χ2n) is 6.52. The molecule has 0 radical (unpaired) electrons. The maximum absolute atomic E-state index is 12.5. The number of alkyl halides is 2. The summed E-state index contributed by atoms with van der Waals surface area (Å²) in [7, 11) is 0. The highest BCUT2D eigenvalue weighted by atomic mass is 32.2. The molecule has 1 aliphatic rings. The summed E-state index contributed by atoms with van der Waals surface area (Å²) < 4.78 is 24.7. The number of nitrogens with one attached hydrogen (secondary N) is 1. The summed E-state index contributed by atoms with van der Waals surface area (Å²) in [6.45, 7) is 4.28. The minimum atomic E-state index is -2.48. The number of amides is 2. The van der Waals surface area contributed by atoms with Crippen molar-refractivity contribution in [2.45, 2.75) is 30.9 Å². The number of hydrogen-bond acceptors (Lipinski definition) is 3. The molecule has 1 unspecified atom stereocenters. The summed E-state index contributed by atoms with van der Waals surface area (Å²) in [4.78, 5) is 27.1. The fourth-order valence-electron chi connectivity index (χ4n) is 3.11. The molecule has 142 valence electrons. The predicted molar refractivity (Wildman–Crippen MR) is 103 cm³/mol. The highest BCUT2D eigenvalue weighted by Crippen LogP contribution is 2.30. The Morgan fingerprint density at radius 1 is 1.19 bits per heavy atom. The number of nitrogens with zero attached hydrogens (tertiary/aromatic N) is 1. The molecule has 4 nitrogen and oxygen atoms in total. The zero-order valence-electron chi connectivity index (χ0n) is 15.0. The van der Waals surface area contributed by atoms with Crippen molar-refractivity contribution in [1.29, 1.82) is 0 Å². The molecule has 3 rings (SSSR count). The standard InChI is InChI=1S/C20H20F2N2O2S/c1-12-4-3-5-17(13(12)2)24-11-14(10-18(24)25)19(26)23-15-6-8-16(9-7-15)27-20(21)22/h3-9,14,20H,10-11H2,1-2H3,(H,23,26). The van der Waals surface area contributed by atoms with E-state index in [1.807, 2.05) is 32.0 Å². The molecule has 2 aromatic carbocycles. The van der Waals surface area contributed by atoms with Crippen LogP contribution >= 0.6 is 11.8 Å². The minimum absolute atomic E-state index is 0.0764. The Morgan fingerprint density at radius 3 is 2.56 bits per heavy atom. The van der Waals surface area contributed by atoms with Crippen molar-refractivity contribution in [3.8, 4) is 0 Å². The number of anilines is 2. The molecule has 1 atom stereocenters. The molecule has 1 saturated heterocycles. The van der Waals surface area contributed by atoms with E-state index in [9.17, 15) is 18.4 Å². The molecule has 0 saturated carbocycles. The topological polar surface area (TPSA) is 49.4 Å². The molecule has 0 aliphatic carbocycles. The van der Waals surface area contributed by atoms with Gasteiger partial charge in [-0.05, 0) is 55.3 Å². The first-order valence-electron chi connectivity index (χ1n) is 8.57. The SMILES string of the molecule is Cc1cccc(N2CC(C(=O)Nc3ccc(SC(F)F)cc3)CC2=O)c1C. The molecule has 27 heavy (non-hydrogen) atoms. The van der Waals surface area contributed by atoms with Gasteiger partial charge in [-0.25, -0.2) is 0 Å². The lowest BCUT2D eigenvalue weighted by molar-refractivity contribution is -0.122. The van der Waals surface area contributed by atoms with Gasteiger partial charge in [0.05, 0.1) is 5.92 Å². The average molecular weight is 390 g/mol. The van der Waals surface area contributed by atoms with E-state index in [1.165, 1.54) is 12.1 Å². The van der Waals surface area contributed by atoms with E-state index in [4.69, 9.17) is 0 Å². The van der Waals surface area contributed by atoms with Crippen LogP contribution in [0.25, 0.3) is 0 Å². The third-order valence-corrected chi connectivity index (χ3v) is 5.43. The van der Waals surface area contributed by atoms with E-state index in [0.717, 1.165) is 16.8 Å². The van der Waals surface area contributed by atoms with Gasteiger partial charge < -0.3 is 10.2 Å². The number of halogens is 2. The van der Waals surface area contributed by atoms with Crippen molar-refractivity contribution < 1.29 is 18.4 Å². The number of aryl methyl sites for hydroxylation is 1. The van der Waals surface area contributed by atoms with E-state index >= 15 is 0 Å². The number of hydrogen-bond donors (Lipinski definition) is 1. The Kier molecular flexibility index (Phi) is 5.79. The van der Waals surface area contributed by atoms with Crippen LogP contribution in [-0.4, -0.2) is 24.1 Å². The van der Waals surface area contributed by atoms with Crippen molar-refractivity contribution >= 4 is 35.0 Å². The highest BCUT2D eigenvalue weighted by molar-refractivity contribution is 7.99. The molecule has 1 N–H and O–H groups in total. The summed E-state index contributed by atoms with van der Waals surface area (Å²) >= 11 is 0.455. The third kappa shape index (κ3) is 4.47. The van der Waals surface area contributed by atoms with Gasteiger partial charge in [0, 0.05) is 29.2 Å². The molecule has 1 heterocycles. The second kappa shape index (κ2) is 8.08. The predicted octanol–water partition coefficient (Wildman–Crippen LogP) is 4.61. The highest BCUT2D eigenvalue weighted by Gasteiger charge is 2.35. The Morgan fingerprint density at radius 2 is 1.89 bits per heavy atom. The van der Waals surface area contributed by atoms with Gasteiger partial charge in [-0.3, -0.25) is 9.59 Å². The van der Waals surface area contributed by atoms with Gasteiger partial charge in [0.25, 0.3) is 5.76 Å². The van der Waals surface area contributed by atoms with E-state index in [0.29, 0.717) is 28.9 Å². The van der Waals surface area contributed by atoms with Crippen molar-refractivity contribution in [3.63, 3.8) is 0 Å². The van der Waals surface area contributed by atoms with Crippen molar-refractivity contribution in [2.24, 2.45) is 5.92 Å². The lowest BCUT2D eigenvalue weighted by atomic mass is 10.1. The first kappa shape index (κ1) is 19.4. The number of carbonyl (C=O) groups excluding carboxylic acids is 2. The molecule has 7 heteroatoms. The number of carbonyl (C=O) groups is 2. The van der Waals surface area contributed by atoms with Gasteiger partial charge >= 0.3 is 0 Å². The lowest BCUT2D eigenvalue weighted by Gasteiger charge is -2.20. The Hall–Kier alpha value is -2.41. The monoisotopic (exact) mass is 390 g/mol. The van der Waals surface area contributed by atoms with Crippen LogP contribution in [0, 0.1) is 19.8 Å². The van der Waals surface area contributed by atoms with Crippen LogP contribution in [0.4, 0.5) is 20.2 Å². The van der Waals surface area contributed by atoms with Crippen LogP contribution in [0.2, 0.25) is 0 Å². The van der Waals surface area contributed by atoms with Gasteiger partial charge in [0.2, 0.25) is 11.8 Å². The Labute approximate surface area is 160 Å². The molecule has 2 aromatic rings. The summed E-state index contributed by atoms with van der Waals surface area (Å²) in [5, 5.41) is 2.77. The minimum Gasteiger partial charge on any atom is -0.326 e. The molecule has 0 aromatic heterocycles. The van der Waals surface area contributed by atoms with Crippen LogP contribution in [0.3, 0.4) is 0 Å². The third-order valence-electron chi connectivity index (χ3n) is 4.71. The van der Waals surface area contributed by atoms with Crippen LogP contribution in [0.15, 0.2) is 47.4 Å². The number of thioether (sulfide) groups is 1. The molecule has 2 amide bonds. The summed E-state index contributed by atoms with van der Waals surface area (Å²) in [6, 6.07) is 12.0. The fourth-order valence-corrected chi connectivity index (χ4v) is 3.61. The quantitative estimate of drug-likeness (QED) is 0.759. The maximum atomic E-state index is 12.5. The van der Waals surface area contributed by atoms with Crippen LogP contribution < -0.4 is 10.2 Å². The molecular formula is C20H20F2N2O2S. The molecule has 1 fully saturated rings. The largest absolute Gasteiger partial charge is 0.326 e.